The molecule has 5 fully saturated rings. The van der Waals surface area contributed by atoms with E-state index in [-0.39, 0.29) is 17.2 Å². The summed E-state index contributed by atoms with van der Waals surface area (Å²) in [6, 6.07) is 7.59. The van der Waals surface area contributed by atoms with Crippen LogP contribution in [0.5, 0.6) is 0 Å². The lowest BCUT2D eigenvalue weighted by Gasteiger charge is -2.60. The molecule has 2 unspecified atom stereocenters. The molecule has 4 saturated carbocycles. The van der Waals surface area contributed by atoms with Crippen molar-refractivity contribution < 1.29 is 14.7 Å². The number of rotatable bonds is 4. The minimum Gasteiger partial charge on any atom is -0.390 e. The summed E-state index contributed by atoms with van der Waals surface area (Å²) in [5, 5.41) is 14.0. The van der Waals surface area contributed by atoms with E-state index in [0.717, 1.165) is 49.9 Å². The summed E-state index contributed by atoms with van der Waals surface area (Å²) in [4.78, 5) is 26.9. The molecule has 27 heavy (non-hydrogen) atoms. The van der Waals surface area contributed by atoms with Crippen LogP contribution in [-0.4, -0.2) is 29.1 Å². The van der Waals surface area contributed by atoms with E-state index in [9.17, 15) is 14.7 Å². The van der Waals surface area contributed by atoms with Gasteiger partial charge in [0.1, 0.15) is 0 Å². The first-order valence-electron chi connectivity index (χ1n) is 10.4. The molecule has 2 atom stereocenters. The average Bonchev–Trinajstić information content (AvgIpc) is 2.98. The van der Waals surface area contributed by atoms with Gasteiger partial charge in [0.05, 0.1) is 17.0 Å². The number of hydrogen-bond acceptors (Lipinski definition) is 3. The lowest BCUT2D eigenvalue weighted by Crippen LogP contribution is -2.56. The van der Waals surface area contributed by atoms with Crippen molar-refractivity contribution in [1.29, 1.82) is 0 Å². The lowest BCUT2D eigenvalue weighted by atomic mass is 9.47. The SMILES string of the molecule is O=C(CC12CC3CC(CC(O)(C3)C1)C2)Nc1ccccc1N1CCCC1=O. The Morgan fingerprint density at radius 1 is 1.19 bits per heavy atom. The standard InChI is InChI=1S/C22H28N2O3/c25-19(13-21-9-15-8-16(10-21)12-22(27,11-15)14-21)23-17-4-1-2-5-18(17)24-7-3-6-20(24)26/h1-2,4-5,15-16,27H,3,6-14H2,(H,23,25). The minimum absolute atomic E-state index is 0.0136. The van der Waals surface area contributed by atoms with E-state index < -0.39 is 5.60 Å². The van der Waals surface area contributed by atoms with Crippen LogP contribution in [0.25, 0.3) is 0 Å². The van der Waals surface area contributed by atoms with Crippen molar-refractivity contribution in [3.05, 3.63) is 24.3 Å². The molecule has 1 saturated heterocycles. The van der Waals surface area contributed by atoms with Crippen molar-refractivity contribution in [2.24, 2.45) is 17.3 Å². The number of aliphatic hydroxyl groups is 1. The first-order chi connectivity index (χ1) is 12.9. The Balaban J connectivity index is 1.33. The Morgan fingerprint density at radius 2 is 1.93 bits per heavy atom. The van der Waals surface area contributed by atoms with Gasteiger partial charge in [0, 0.05) is 19.4 Å². The van der Waals surface area contributed by atoms with Crippen LogP contribution >= 0.6 is 0 Å². The average molecular weight is 368 g/mol. The zero-order valence-corrected chi connectivity index (χ0v) is 15.7. The topological polar surface area (TPSA) is 69.6 Å². The highest BCUT2D eigenvalue weighted by atomic mass is 16.3. The summed E-state index contributed by atoms with van der Waals surface area (Å²) in [5.74, 6) is 1.30. The monoisotopic (exact) mass is 368 g/mol. The molecule has 4 aliphatic carbocycles. The van der Waals surface area contributed by atoms with Crippen LogP contribution in [0, 0.1) is 17.3 Å². The van der Waals surface area contributed by atoms with E-state index in [0.29, 0.717) is 31.2 Å². The van der Waals surface area contributed by atoms with Crippen LogP contribution < -0.4 is 10.2 Å². The molecule has 0 aromatic heterocycles. The molecular formula is C22H28N2O3. The number of nitrogens with zero attached hydrogens (tertiary/aromatic N) is 1. The van der Waals surface area contributed by atoms with Crippen molar-refractivity contribution in [3.63, 3.8) is 0 Å². The smallest absolute Gasteiger partial charge is 0.227 e. The number of nitrogens with one attached hydrogen (secondary N) is 1. The van der Waals surface area contributed by atoms with Gasteiger partial charge in [-0.25, -0.2) is 0 Å². The predicted molar refractivity (Wildman–Crippen MR) is 103 cm³/mol. The summed E-state index contributed by atoms with van der Waals surface area (Å²) < 4.78 is 0. The van der Waals surface area contributed by atoms with Crippen LogP contribution in [0.2, 0.25) is 0 Å². The van der Waals surface area contributed by atoms with E-state index in [4.69, 9.17) is 0 Å². The number of para-hydroxylation sites is 2. The Labute approximate surface area is 160 Å². The number of hydrogen-bond donors (Lipinski definition) is 2. The number of carbonyl (C=O) groups excluding carboxylic acids is 2. The van der Waals surface area contributed by atoms with E-state index >= 15 is 0 Å². The third-order valence-corrected chi connectivity index (χ3v) is 7.23. The van der Waals surface area contributed by atoms with Gasteiger partial charge in [-0.05, 0) is 74.3 Å². The Hall–Kier alpha value is -1.88. The van der Waals surface area contributed by atoms with Crippen LogP contribution in [0.3, 0.4) is 0 Å². The van der Waals surface area contributed by atoms with Crippen molar-refractivity contribution in [2.75, 3.05) is 16.8 Å². The van der Waals surface area contributed by atoms with Crippen LogP contribution in [0.4, 0.5) is 11.4 Å². The molecule has 2 N–H and O–H groups in total. The summed E-state index contributed by atoms with van der Waals surface area (Å²) in [5.41, 5.74) is 0.949. The number of benzene rings is 1. The molecule has 1 aromatic carbocycles. The molecule has 1 aliphatic heterocycles. The molecular weight excluding hydrogens is 340 g/mol. The summed E-state index contributed by atoms with van der Waals surface area (Å²) in [7, 11) is 0. The quantitative estimate of drug-likeness (QED) is 0.855. The van der Waals surface area contributed by atoms with E-state index in [1.807, 2.05) is 24.3 Å². The molecule has 144 valence electrons. The zero-order valence-electron chi connectivity index (χ0n) is 15.7. The van der Waals surface area contributed by atoms with Gasteiger partial charge in [-0.3, -0.25) is 9.59 Å². The van der Waals surface area contributed by atoms with Gasteiger partial charge in [0.2, 0.25) is 11.8 Å². The fourth-order valence-corrected chi connectivity index (χ4v) is 6.86. The van der Waals surface area contributed by atoms with Gasteiger partial charge in [-0.15, -0.1) is 0 Å². The minimum atomic E-state index is -0.537. The largest absolute Gasteiger partial charge is 0.390 e. The first kappa shape index (κ1) is 17.2. The van der Waals surface area contributed by atoms with Crippen molar-refractivity contribution in [2.45, 2.75) is 63.4 Å². The summed E-state index contributed by atoms with van der Waals surface area (Å²) in [6.07, 6.45) is 7.91. The molecule has 1 aromatic rings. The maximum Gasteiger partial charge on any atom is 0.227 e. The molecule has 5 nitrogen and oxygen atoms in total. The van der Waals surface area contributed by atoms with Gasteiger partial charge >= 0.3 is 0 Å². The third-order valence-electron chi connectivity index (χ3n) is 7.23. The Kier molecular flexibility index (Phi) is 3.87. The third kappa shape index (κ3) is 3.06. The molecule has 6 rings (SSSR count). The molecule has 0 spiro atoms. The van der Waals surface area contributed by atoms with Crippen molar-refractivity contribution >= 4 is 23.2 Å². The normalized spacial score (nSPS) is 37.1. The second-order valence-corrected chi connectivity index (χ2v) is 9.58. The Bertz CT molecular complexity index is 776. The van der Waals surface area contributed by atoms with Gasteiger partial charge in [0.15, 0.2) is 0 Å². The van der Waals surface area contributed by atoms with Gasteiger partial charge in [-0.1, -0.05) is 12.1 Å². The fraction of sp³-hybridized carbons (Fsp3) is 0.636. The van der Waals surface area contributed by atoms with Crippen LogP contribution in [-0.2, 0) is 9.59 Å². The van der Waals surface area contributed by atoms with Crippen LogP contribution in [0.1, 0.15) is 57.8 Å². The first-order valence-corrected chi connectivity index (χ1v) is 10.4. The summed E-state index contributed by atoms with van der Waals surface area (Å²) in [6.45, 7) is 0.714. The summed E-state index contributed by atoms with van der Waals surface area (Å²) >= 11 is 0. The highest BCUT2D eigenvalue weighted by Crippen LogP contribution is 2.62. The lowest BCUT2D eigenvalue weighted by molar-refractivity contribution is -0.167. The van der Waals surface area contributed by atoms with E-state index in [2.05, 4.69) is 5.32 Å². The van der Waals surface area contributed by atoms with Gasteiger partial charge in [0.25, 0.3) is 0 Å². The predicted octanol–water partition coefficient (Wildman–Crippen LogP) is 3.47. The zero-order chi connectivity index (χ0) is 18.6. The maximum atomic E-state index is 13.0. The number of anilines is 2. The second-order valence-electron chi connectivity index (χ2n) is 9.58. The molecule has 5 heteroatoms. The Morgan fingerprint density at radius 3 is 2.59 bits per heavy atom. The fourth-order valence-electron chi connectivity index (χ4n) is 6.86. The van der Waals surface area contributed by atoms with E-state index in [1.165, 1.54) is 6.42 Å². The molecule has 5 aliphatic rings. The van der Waals surface area contributed by atoms with Gasteiger partial charge in [-0.2, -0.15) is 0 Å². The molecule has 1 heterocycles. The highest BCUT2D eigenvalue weighted by Gasteiger charge is 2.57. The van der Waals surface area contributed by atoms with Crippen molar-refractivity contribution in [1.82, 2.24) is 0 Å². The van der Waals surface area contributed by atoms with Crippen LogP contribution in [0.15, 0.2) is 24.3 Å². The molecule has 4 bridgehead atoms. The van der Waals surface area contributed by atoms with E-state index in [1.54, 1.807) is 4.90 Å². The molecule has 2 amide bonds. The number of carbonyl (C=O) groups is 2. The molecule has 0 radical (unpaired) electrons. The highest BCUT2D eigenvalue weighted by molar-refractivity contribution is 6.02. The number of amides is 2. The van der Waals surface area contributed by atoms with Gasteiger partial charge < -0.3 is 15.3 Å². The van der Waals surface area contributed by atoms with Crippen molar-refractivity contribution in [3.8, 4) is 0 Å². The maximum absolute atomic E-state index is 13.0. The second kappa shape index (κ2) is 6.06.